The van der Waals surface area contributed by atoms with Crippen molar-refractivity contribution < 1.29 is 9.13 Å². The van der Waals surface area contributed by atoms with Crippen LogP contribution >= 0.6 is 0 Å². The molecule has 0 fully saturated rings. The van der Waals surface area contributed by atoms with Crippen LogP contribution in [0.2, 0.25) is 0 Å². The lowest BCUT2D eigenvalue weighted by atomic mass is 10.1. The Labute approximate surface area is 164 Å². The van der Waals surface area contributed by atoms with Gasteiger partial charge in [-0.3, -0.25) is 4.99 Å². The monoisotopic (exact) mass is 389 g/mol. The second-order valence-corrected chi connectivity index (χ2v) is 7.05. The zero-order valence-corrected chi connectivity index (χ0v) is 16.9. The van der Waals surface area contributed by atoms with E-state index in [9.17, 15) is 4.39 Å². The van der Waals surface area contributed by atoms with Crippen LogP contribution in [0, 0.1) is 5.82 Å². The van der Waals surface area contributed by atoms with Crippen LogP contribution in [0.1, 0.15) is 23.6 Å². The first kappa shape index (κ1) is 20.1. The number of nitrogens with zero attached hydrogens (tertiary/aromatic N) is 5. The van der Waals surface area contributed by atoms with E-state index in [-0.39, 0.29) is 11.9 Å². The number of aryl methyl sites for hydroxylation is 1. The maximum Gasteiger partial charge on any atom is 0.191 e. The number of halogens is 1. The van der Waals surface area contributed by atoms with Gasteiger partial charge in [-0.25, -0.2) is 14.1 Å². The van der Waals surface area contributed by atoms with Gasteiger partial charge in [-0.2, -0.15) is 5.10 Å². The van der Waals surface area contributed by atoms with Gasteiger partial charge in [0.2, 0.25) is 0 Å². The average Bonchev–Trinajstić information content (AvgIpc) is 3.06. The molecule has 0 amide bonds. The summed E-state index contributed by atoms with van der Waals surface area (Å²) in [7, 11) is 7.02. The fraction of sp³-hybridized carbons (Fsp3) is 0.526. The Morgan fingerprint density at radius 3 is 2.93 bits per heavy atom. The number of benzene rings is 1. The lowest BCUT2D eigenvalue weighted by molar-refractivity contribution is 0.177. The Morgan fingerprint density at radius 1 is 1.43 bits per heavy atom. The Balaban J connectivity index is 1.55. The van der Waals surface area contributed by atoms with Crippen molar-refractivity contribution >= 4 is 11.6 Å². The Bertz CT molecular complexity index is 834. The van der Waals surface area contributed by atoms with Gasteiger partial charge in [-0.15, -0.1) is 0 Å². The van der Waals surface area contributed by atoms with Crippen LogP contribution in [0.3, 0.4) is 0 Å². The normalized spacial score (nSPS) is 16.6. The van der Waals surface area contributed by atoms with Gasteiger partial charge >= 0.3 is 0 Å². The molecule has 1 unspecified atom stereocenters. The quantitative estimate of drug-likeness (QED) is 0.573. The zero-order valence-electron chi connectivity index (χ0n) is 16.9. The predicted molar refractivity (Wildman–Crippen MR) is 107 cm³/mol. The third-order valence-electron chi connectivity index (χ3n) is 4.69. The maximum absolute atomic E-state index is 14.1. The largest absolute Gasteiger partial charge is 0.377 e. The van der Waals surface area contributed by atoms with Gasteiger partial charge in [0.15, 0.2) is 11.8 Å². The molecule has 0 radical (unpaired) electrons. The van der Waals surface area contributed by atoms with Crippen molar-refractivity contribution in [2.45, 2.75) is 38.6 Å². The van der Waals surface area contributed by atoms with Crippen LogP contribution < -0.4 is 15.5 Å². The predicted octanol–water partition coefficient (Wildman–Crippen LogP) is 1.31. The fourth-order valence-electron chi connectivity index (χ4n) is 3.27. The molecule has 0 saturated heterocycles. The highest BCUT2D eigenvalue weighted by molar-refractivity contribution is 5.80. The summed E-state index contributed by atoms with van der Waals surface area (Å²) in [4.78, 5) is 10.5. The fourth-order valence-corrected chi connectivity index (χ4v) is 3.27. The first-order valence-electron chi connectivity index (χ1n) is 9.34. The first-order valence-corrected chi connectivity index (χ1v) is 9.34. The number of rotatable bonds is 6. The number of nitrogens with one attached hydrogen (secondary N) is 2. The molecule has 8 nitrogen and oxygen atoms in total. The first-order chi connectivity index (χ1) is 13.5. The number of aromatic nitrogens is 3. The van der Waals surface area contributed by atoms with Crippen molar-refractivity contribution in [3.63, 3.8) is 0 Å². The van der Waals surface area contributed by atoms with Crippen LogP contribution in [0.25, 0.3) is 0 Å². The van der Waals surface area contributed by atoms with E-state index in [4.69, 9.17) is 4.74 Å². The van der Waals surface area contributed by atoms with E-state index in [1.54, 1.807) is 31.2 Å². The van der Waals surface area contributed by atoms with Crippen LogP contribution in [-0.4, -0.2) is 55.0 Å². The van der Waals surface area contributed by atoms with Crippen LogP contribution in [0.5, 0.6) is 0 Å². The minimum absolute atomic E-state index is 0.198. The SMILES string of the molecule is CN=C(NCc1ccc(N(C)C)c(F)c1)NC1CCc2nc(COC)nn2C1. The smallest absolute Gasteiger partial charge is 0.191 e. The van der Waals surface area contributed by atoms with Crippen LogP contribution in [-0.2, 0) is 30.9 Å². The summed E-state index contributed by atoms with van der Waals surface area (Å²) < 4.78 is 21.2. The van der Waals surface area contributed by atoms with Gasteiger partial charge in [0.05, 0.1) is 12.2 Å². The molecule has 9 heteroatoms. The van der Waals surface area contributed by atoms with Crippen LogP contribution in [0.4, 0.5) is 10.1 Å². The summed E-state index contributed by atoms with van der Waals surface area (Å²) in [5.74, 6) is 2.15. The van der Waals surface area contributed by atoms with Gasteiger partial charge in [-0.05, 0) is 24.1 Å². The molecule has 1 aromatic carbocycles. The number of guanidine groups is 1. The number of anilines is 1. The van der Waals surface area contributed by atoms with Crippen molar-refractivity contribution in [3.8, 4) is 0 Å². The molecule has 1 aliphatic rings. The van der Waals surface area contributed by atoms with Crippen molar-refractivity contribution in [2.75, 3.05) is 33.2 Å². The Kier molecular flexibility index (Phi) is 6.45. The minimum Gasteiger partial charge on any atom is -0.377 e. The molecular formula is C19H28FN7O. The van der Waals surface area contributed by atoms with E-state index in [1.807, 2.05) is 24.8 Å². The van der Waals surface area contributed by atoms with E-state index < -0.39 is 0 Å². The lowest BCUT2D eigenvalue weighted by Gasteiger charge is -2.25. The molecular weight excluding hydrogens is 361 g/mol. The van der Waals surface area contributed by atoms with Gasteiger partial charge < -0.3 is 20.3 Å². The van der Waals surface area contributed by atoms with E-state index in [2.05, 4.69) is 25.7 Å². The van der Waals surface area contributed by atoms with Gasteiger partial charge in [-0.1, -0.05) is 6.07 Å². The summed E-state index contributed by atoms with van der Waals surface area (Å²) in [5, 5.41) is 11.2. The summed E-state index contributed by atoms with van der Waals surface area (Å²) >= 11 is 0. The number of aliphatic imine (C=N–C) groups is 1. The molecule has 2 aromatic rings. The third-order valence-corrected chi connectivity index (χ3v) is 4.69. The van der Waals surface area contributed by atoms with Crippen molar-refractivity contribution in [1.29, 1.82) is 0 Å². The summed E-state index contributed by atoms with van der Waals surface area (Å²) in [6.45, 7) is 1.63. The molecule has 28 heavy (non-hydrogen) atoms. The second kappa shape index (κ2) is 9.01. The summed E-state index contributed by atoms with van der Waals surface area (Å²) in [5.41, 5.74) is 1.43. The Morgan fingerprint density at radius 2 is 2.25 bits per heavy atom. The molecule has 0 bridgehead atoms. The molecule has 2 N–H and O–H groups in total. The van der Waals surface area contributed by atoms with E-state index in [0.29, 0.717) is 30.6 Å². The molecule has 0 saturated carbocycles. The van der Waals surface area contributed by atoms with Gasteiger partial charge in [0.1, 0.15) is 18.2 Å². The van der Waals surface area contributed by atoms with Crippen molar-refractivity contribution in [3.05, 3.63) is 41.2 Å². The number of fused-ring (bicyclic) bond motifs is 1. The maximum atomic E-state index is 14.1. The minimum atomic E-state index is -0.231. The van der Waals surface area contributed by atoms with E-state index >= 15 is 0 Å². The van der Waals surface area contributed by atoms with Crippen molar-refractivity contribution in [1.82, 2.24) is 25.4 Å². The zero-order chi connectivity index (χ0) is 20.1. The average molecular weight is 389 g/mol. The van der Waals surface area contributed by atoms with E-state index in [0.717, 1.165) is 30.8 Å². The highest BCUT2D eigenvalue weighted by Crippen LogP contribution is 2.18. The lowest BCUT2D eigenvalue weighted by Crippen LogP contribution is -2.46. The number of methoxy groups -OCH3 is 1. The highest BCUT2D eigenvalue weighted by atomic mass is 19.1. The highest BCUT2D eigenvalue weighted by Gasteiger charge is 2.22. The second-order valence-electron chi connectivity index (χ2n) is 7.05. The van der Waals surface area contributed by atoms with Crippen molar-refractivity contribution in [2.24, 2.45) is 4.99 Å². The number of hydrogen-bond donors (Lipinski definition) is 2. The number of ether oxygens (including phenoxy) is 1. The molecule has 1 atom stereocenters. The van der Waals surface area contributed by atoms with Crippen LogP contribution in [0.15, 0.2) is 23.2 Å². The molecule has 1 aliphatic heterocycles. The standard InChI is InChI=1S/C19H28FN7O/c1-21-19(22-10-13-5-7-16(26(2)3)15(20)9-13)23-14-6-8-18-24-17(12-28-4)25-27(18)11-14/h5,7,9,14H,6,8,10-12H2,1-4H3,(H2,21,22,23). The Hall–Kier alpha value is -2.68. The third kappa shape index (κ3) is 4.78. The molecule has 2 heterocycles. The van der Waals surface area contributed by atoms with Gasteiger partial charge in [0.25, 0.3) is 0 Å². The van der Waals surface area contributed by atoms with Gasteiger partial charge in [0, 0.05) is 47.3 Å². The molecule has 152 valence electrons. The summed E-state index contributed by atoms with van der Waals surface area (Å²) in [6.07, 6.45) is 1.79. The molecule has 0 spiro atoms. The molecule has 1 aromatic heterocycles. The topological polar surface area (TPSA) is 79.6 Å². The van der Waals surface area contributed by atoms with E-state index in [1.165, 1.54) is 0 Å². The summed E-state index contributed by atoms with van der Waals surface area (Å²) in [6, 6.07) is 5.45. The molecule has 0 aliphatic carbocycles. The molecule has 3 rings (SSSR count). The number of hydrogen-bond acceptors (Lipinski definition) is 5.